The first kappa shape index (κ1) is 16.2. The molecule has 118 valence electrons. The second-order valence-corrected chi connectivity index (χ2v) is 5.02. The largest absolute Gasteiger partial charge is 0.380 e. The summed E-state index contributed by atoms with van der Waals surface area (Å²) in [6.07, 6.45) is 2.50. The van der Waals surface area contributed by atoms with E-state index in [2.05, 4.69) is 22.5 Å². The van der Waals surface area contributed by atoms with Gasteiger partial charge < -0.3 is 15.8 Å². The van der Waals surface area contributed by atoms with Gasteiger partial charge in [-0.25, -0.2) is 4.68 Å². The van der Waals surface area contributed by atoms with E-state index in [1.807, 2.05) is 18.2 Å². The van der Waals surface area contributed by atoms with Crippen molar-refractivity contribution in [2.45, 2.75) is 25.5 Å². The number of aromatic nitrogens is 2. The lowest BCUT2D eigenvalue weighted by Gasteiger charge is -2.13. The molecule has 2 rings (SSSR count). The predicted octanol–water partition coefficient (Wildman–Crippen LogP) is 1.43. The maximum Gasteiger partial charge on any atom is 0.228 e. The number of nitrogens with two attached hydrogens (primary N) is 1. The molecule has 0 saturated carbocycles. The van der Waals surface area contributed by atoms with Crippen LogP contribution in [-0.2, 0) is 22.5 Å². The van der Waals surface area contributed by atoms with Gasteiger partial charge in [0.1, 0.15) is 5.82 Å². The number of methoxy groups -OCH3 is 1. The van der Waals surface area contributed by atoms with Crippen LogP contribution in [0.4, 0.5) is 5.82 Å². The molecule has 1 atom stereocenters. The van der Waals surface area contributed by atoms with Crippen molar-refractivity contribution in [2.24, 2.45) is 5.73 Å². The third-order valence-corrected chi connectivity index (χ3v) is 3.45. The zero-order valence-corrected chi connectivity index (χ0v) is 12.7. The first-order chi connectivity index (χ1) is 10.7. The molecule has 0 aliphatic heterocycles. The molecule has 0 fully saturated rings. The molecule has 2 aromatic rings. The van der Waals surface area contributed by atoms with E-state index in [0.717, 1.165) is 6.42 Å². The van der Waals surface area contributed by atoms with Crippen molar-refractivity contribution in [3.8, 4) is 0 Å². The number of ether oxygens (including phenoxy) is 1. The summed E-state index contributed by atoms with van der Waals surface area (Å²) in [6, 6.07) is 12.0. The summed E-state index contributed by atoms with van der Waals surface area (Å²) in [5.74, 6) is 0.562. The Morgan fingerprint density at radius 3 is 2.82 bits per heavy atom. The fraction of sp³-hybridized carbons (Fsp3) is 0.375. The minimum Gasteiger partial charge on any atom is -0.380 e. The topological polar surface area (TPSA) is 82.2 Å². The number of benzene rings is 1. The molecule has 0 radical (unpaired) electrons. The molecule has 0 aliphatic rings. The molecule has 1 heterocycles. The van der Waals surface area contributed by atoms with E-state index in [1.54, 1.807) is 24.1 Å². The number of nitrogens with one attached hydrogen (secondary N) is 1. The van der Waals surface area contributed by atoms with E-state index < -0.39 is 0 Å². The van der Waals surface area contributed by atoms with Gasteiger partial charge in [0.05, 0.1) is 18.7 Å². The lowest BCUT2D eigenvalue weighted by Crippen LogP contribution is -2.28. The van der Waals surface area contributed by atoms with Gasteiger partial charge in [-0.3, -0.25) is 4.79 Å². The van der Waals surface area contributed by atoms with Crippen LogP contribution in [0.25, 0.3) is 0 Å². The Labute approximate surface area is 130 Å². The van der Waals surface area contributed by atoms with Crippen LogP contribution in [-0.4, -0.2) is 35.4 Å². The van der Waals surface area contributed by atoms with Gasteiger partial charge in [-0.2, -0.15) is 5.10 Å². The highest BCUT2D eigenvalue weighted by Gasteiger charge is 2.13. The zero-order valence-electron chi connectivity index (χ0n) is 12.7. The van der Waals surface area contributed by atoms with Crippen molar-refractivity contribution in [1.82, 2.24) is 9.78 Å². The summed E-state index contributed by atoms with van der Waals surface area (Å²) in [5.41, 5.74) is 6.76. The van der Waals surface area contributed by atoms with Crippen molar-refractivity contribution < 1.29 is 9.53 Å². The number of nitrogens with zero attached hydrogens (tertiary/aromatic N) is 2. The summed E-state index contributed by atoms with van der Waals surface area (Å²) in [6.45, 7) is 1.02. The quantitative estimate of drug-likeness (QED) is 0.773. The summed E-state index contributed by atoms with van der Waals surface area (Å²) >= 11 is 0. The number of carbonyl (C=O) groups excluding carboxylic acids is 1. The van der Waals surface area contributed by atoms with E-state index in [9.17, 15) is 4.79 Å². The highest BCUT2D eigenvalue weighted by atomic mass is 16.5. The maximum absolute atomic E-state index is 12.0. The van der Waals surface area contributed by atoms with Crippen LogP contribution in [0.5, 0.6) is 0 Å². The molecule has 0 bridgehead atoms. The first-order valence-electron chi connectivity index (χ1n) is 7.31. The van der Waals surface area contributed by atoms with Crippen LogP contribution in [0.3, 0.4) is 0 Å². The van der Waals surface area contributed by atoms with Crippen LogP contribution in [0.2, 0.25) is 0 Å². The summed E-state index contributed by atoms with van der Waals surface area (Å²) in [7, 11) is 1.55. The molecule has 1 aromatic carbocycles. The molecule has 22 heavy (non-hydrogen) atoms. The Morgan fingerprint density at radius 1 is 1.36 bits per heavy atom. The standard InChI is InChI=1S/C16H22N4O2/c1-22-14(12-17)11-16(21)19-15-7-9-18-20(15)10-8-13-5-3-2-4-6-13/h2-7,9,14H,8,10-12,17H2,1H3,(H,19,21). The van der Waals surface area contributed by atoms with Gasteiger partial charge in [0.15, 0.2) is 0 Å². The number of rotatable bonds is 8. The minimum absolute atomic E-state index is 0.126. The molecule has 0 aliphatic carbocycles. The molecular formula is C16H22N4O2. The van der Waals surface area contributed by atoms with Crippen molar-refractivity contribution in [3.05, 3.63) is 48.2 Å². The van der Waals surface area contributed by atoms with Crippen LogP contribution >= 0.6 is 0 Å². The normalized spacial score (nSPS) is 12.1. The Bertz CT molecular complexity index is 579. The fourth-order valence-electron chi connectivity index (χ4n) is 2.16. The molecule has 1 aromatic heterocycles. The highest BCUT2D eigenvalue weighted by molar-refractivity contribution is 5.90. The number of carbonyl (C=O) groups is 1. The van der Waals surface area contributed by atoms with Crippen molar-refractivity contribution in [3.63, 3.8) is 0 Å². The van der Waals surface area contributed by atoms with Gasteiger partial charge in [-0.15, -0.1) is 0 Å². The lowest BCUT2D eigenvalue weighted by molar-refractivity contribution is -0.118. The number of aryl methyl sites for hydroxylation is 2. The van der Waals surface area contributed by atoms with Crippen molar-refractivity contribution in [1.29, 1.82) is 0 Å². The van der Waals surface area contributed by atoms with E-state index >= 15 is 0 Å². The highest BCUT2D eigenvalue weighted by Crippen LogP contribution is 2.10. The fourth-order valence-corrected chi connectivity index (χ4v) is 2.16. The molecule has 6 nitrogen and oxygen atoms in total. The maximum atomic E-state index is 12.0. The third kappa shape index (κ3) is 4.68. The number of hydrogen-bond acceptors (Lipinski definition) is 4. The van der Waals surface area contributed by atoms with E-state index in [-0.39, 0.29) is 18.4 Å². The van der Waals surface area contributed by atoms with Crippen molar-refractivity contribution >= 4 is 11.7 Å². The molecule has 1 unspecified atom stereocenters. The third-order valence-electron chi connectivity index (χ3n) is 3.45. The lowest BCUT2D eigenvalue weighted by atomic mass is 10.1. The predicted molar refractivity (Wildman–Crippen MR) is 85.5 cm³/mol. The Kier molecular flexibility index (Phi) is 6.12. The first-order valence-corrected chi connectivity index (χ1v) is 7.31. The minimum atomic E-state index is -0.263. The van der Waals surface area contributed by atoms with Gasteiger partial charge >= 0.3 is 0 Å². The van der Waals surface area contributed by atoms with Crippen LogP contribution in [0.15, 0.2) is 42.6 Å². The van der Waals surface area contributed by atoms with E-state index in [4.69, 9.17) is 10.5 Å². The monoisotopic (exact) mass is 302 g/mol. The second-order valence-electron chi connectivity index (χ2n) is 5.02. The SMILES string of the molecule is COC(CN)CC(=O)Nc1ccnn1CCc1ccccc1. The summed E-state index contributed by atoms with van der Waals surface area (Å²) in [4.78, 5) is 12.0. The zero-order chi connectivity index (χ0) is 15.8. The Hall–Kier alpha value is -2.18. The van der Waals surface area contributed by atoms with E-state index in [1.165, 1.54) is 5.56 Å². The number of anilines is 1. The molecule has 1 amide bonds. The molecule has 3 N–H and O–H groups in total. The van der Waals surface area contributed by atoms with Gasteiger partial charge in [0.25, 0.3) is 0 Å². The van der Waals surface area contributed by atoms with Crippen LogP contribution < -0.4 is 11.1 Å². The Balaban J connectivity index is 1.90. The average molecular weight is 302 g/mol. The molecule has 6 heteroatoms. The molecular weight excluding hydrogens is 280 g/mol. The van der Waals surface area contributed by atoms with Gasteiger partial charge in [-0.05, 0) is 12.0 Å². The number of amides is 1. The van der Waals surface area contributed by atoms with Crippen LogP contribution in [0, 0.1) is 0 Å². The average Bonchev–Trinajstić information content (AvgIpc) is 2.98. The molecule has 0 saturated heterocycles. The molecule has 0 spiro atoms. The van der Waals surface area contributed by atoms with Gasteiger partial charge in [0.2, 0.25) is 5.91 Å². The van der Waals surface area contributed by atoms with Crippen LogP contribution in [0.1, 0.15) is 12.0 Å². The second kappa shape index (κ2) is 8.31. The summed E-state index contributed by atoms with van der Waals surface area (Å²) < 4.78 is 6.90. The Morgan fingerprint density at radius 2 is 2.14 bits per heavy atom. The number of hydrogen-bond donors (Lipinski definition) is 2. The summed E-state index contributed by atoms with van der Waals surface area (Å²) in [5, 5.41) is 7.10. The van der Waals surface area contributed by atoms with Gasteiger partial charge in [-0.1, -0.05) is 30.3 Å². The van der Waals surface area contributed by atoms with Crippen molar-refractivity contribution in [2.75, 3.05) is 19.0 Å². The van der Waals surface area contributed by atoms with E-state index in [0.29, 0.717) is 18.9 Å². The smallest absolute Gasteiger partial charge is 0.228 e. The van der Waals surface area contributed by atoms with Gasteiger partial charge in [0, 0.05) is 26.3 Å².